The number of fused-ring (bicyclic) bond motifs is 3. The van der Waals surface area contributed by atoms with Crippen LogP contribution in [0.25, 0.3) is 0 Å². The maximum absolute atomic E-state index is 13.0. The van der Waals surface area contributed by atoms with E-state index in [0.717, 1.165) is 24.2 Å². The van der Waals surface area contributed by atoms with Crippen LogP contribution in [0.15, 0.2) is 18.2 Å². The third kappa shape index (κ3) is 2.78. The molecule has 2 bridgehead atoms. The molecule has 1 aliphatic carbocycles. The van der Waals surface area contributed by atoms with Gasteiger partial charge in [0.2, 0.25) is 5.91 Å². The highest BCUT2D eigenvalue weighted by atomic mass is 16.6. The van der Waals surface area contributed by atoms with Crippen molar-refractivity contribution in [2.75, 3.05) is 13.1 Å². The molecule has 2 atom stereocenters. The number of carbonyl (C=O) groups excluding carboxylic acids is 3. The summed E-state index contributed by atoms with van der Waals surface area (Å²) in [7, 11) is 0. The molecule has 148 valence electrons. The average Bonchev–Trinajstić information content (AvgIpc) is 2.98. The number of nitrogens with zero attached hydrogens (tertiary/aromatic N) is 3. The lowest BCUT2D eigenvalue weighted by Gasteiger charge is -2.39. The van der Waals surface area contributed by atoms with Crippen molar-refractivity contribution in [1.29, 1.82) is 0 Å². The Labute approximate surface area is 162 Å². The quantitative estimate of drug-likeness (QED) is 0.452. The van der Waals surface area contributed by atoms with E-state index in [1.54, 1.807) is 4.90 Å². The largest absolute Gasteiger partial charge is 0.338 e. The Kier molecular flexibility index (Phi) is 3.89. The summed E-state index contributed by atoms with van der Waals surface area (Å²) in [6.07, 6.45) is 2.84. The predicted octanol–water partition coefficient (Wildman–Crippen LogP) is 2.62. The minimum atomic E-state index is -0.769. The molecule has 3 amide bonds. The van der Waals surface area contributed by atoms with Crippen molar-refractivity contribution >= 4 is 23.4 Å². The first kappa shape index (κ1) is 18.6. The number of hydrogen-bond acceptors (Lipinski definition) is 5. The highest BCUT2D eigenvalue weighted by molar-refractivity contribution is 6.24. The zero-order valence-corrected chi connectivity index (χ0v) is 16.2. The molecular weight excluding hydrogens is 362 g/mol. The molecule has 0 spiro atoms. The normalized spacial score (nSPS) is 27.9. The van der Waals surface area contributed by atoms with Gasteiger partial charge in [0.15, 0.2) is 0 Å². The van der Waals surface area contributed by atoms with Gasteiger partial charge in [-0.25, -0.2) is 0 Å². The summed E-state index contributed by atoms with van der Waals surface area (Å²) in [5, 5.41) is 11.2. The molecule has 4 rings (SSSR count). The Morgan fingerprint density at radius 3 is 2.61 bits per heavy atom. The Morgan fingerprint density at radius 2 is 1.93 bits per heavy atom. The molecule has 3 aliphatic rings. The van der Waals surface area contributed by atoms with Crippen LogP contribution in [0.1, 0.15) is 60.7 Å². The van der Waals surface area contributed by atoms with Crippen molar-refractivity contribution in [3.8, 4) is 0 Å². The van der Waals surface area contributed by atoms with Crippen LogP contribution in [-0.2, 0) is 4.79 Å². The molecule has 1 saturated heterocycles. The lowest BCUT2D eigenvalue weighted by molar-refractivity contribution is -0.385. The lowest BCUT2D eigenvalue weighted by Crippen LogP contribution is -2.45. The van der Waals surface area contributed by atoms with E-state index >= 15 is 0 Å². The summed E-state index contributed by atoms with van der Waals surface area (Å²) in [6, 6.07) is 4.06. The standard InChI is InChI=1S/C20H23N3O5/c1-19(2)7-12-8-20(3,10-19)11-22(12)15(24)9-21-17(25)13-5-4-6-14(23(27)28)16(13)18(21)26/h4-6,12H,7-11H2,1-3H3/t12-,20+/m0/s1. The molecule has 0 unspecified atom stereocenters. The van der Waals surface area contributed by atoms with Crippen LogP contribution in [0.3, 0.4) is 0 Å². The number of nitro groups is 1. The van der Waals surface area contributed by atoms with Crippen LogP contribution in [0.2, 0.25) is 0 Å². The fourth-order valence-electron chi connectivity index (χ4n) is 5.59. The van der Waals surface area contributed by atoms with E-state index in [2.05, 4.69) is 20.8 Å². The molecule has 1 saturated carbocycles. The molecule has 2 heterocycles. The molecular formula is C20H23N3O5. The summed E-state index contributed by atoms with van der Waals surface area (Å²) in [5.74, 6) is -1.69. The van der Waals surface area contributed by atoms with Crippen LogP contribution in [0.4, 0.5) is 5.69 Å². The van der Waals surface area contributed by atoms with Gasteiger partial charge in [0.05, 0.1) is 10.5 Å². The minimum Gasteiger partial charge on any atom is -0.338 e. The number of carbonyl (C=O) groups is 3. The number of rotatable bonds is 3. The number of hydrogen-bond donors (Lipinski definition) is 0. The Balaban J connectivity index is 1.57. The molecule has 0 radical (unpaired) electrons. The molecule has 0 aromatic heterocycles. The van der Waals surface area contributed by atoms with Gasteiger partial charge in [-0.2, -0.15) is 0 Å². The molecule has 1 aromatic carbocycles. The third-order valence-electron chi connectivity index (χ3n) is 6.20. The smallest absolute Gasteiger partial charge is 0.282 e. The number of imide groups is 1. The summed E-state index contributed by atoms with van der Waals surface area (Å²) >= 11 is 0. The minimum absolute atomic E-state index is 0.0136. The molecule has 0 N–H and O–H groups in total. The van der Waals surface area contributed by atoms with Crippen molar-refractivity contribution < 1.29 is 19.3 Å². The van der Waals surface area contributed by atoms with Crippen molar-refractivity contribution in [3.05, 3.63) is 39.4 Å². The highest BCUT2D eigenvalue weighted by Crippen LogP contribution is 2.52. The van der Waals surface area contributed by atoms with E-state index in [0.29, 0.717) is 6.54 Å². The monoisotopic (exact) mass is 385 g/mol. The fraction of sp³-hybridized carbons (Fsp3) is 0.550. The second-order valence-corrected chi connectivity index (χ2v) is 9.39. The van der Waals surface area contributed by atoms with E-state index < -0.39 is 22.4 Å². The van der Waals surface area contributed by atoms with Gasteiger partial charge in [-0.3, -0.25) is 29.4 Å². The van der Waals surface area contributed by atoms with Crippen LogP contribution >= 0.6 is 0 Å². The first-order valence-corrected chi connectivity index (χ1v) is 9.44. The van der Waals surface area contributed by atoms with E-state index in [4.69, 9.17) is 0 Å². The topological polar surface area (TPSA) is 101 Å². The Bertz CT molecular complexity index is 924. The van der Waals surface area contributed by atoms with Crippen LogP contribution < -0.4 is 0 Å². The second kappa shape index (κ2) is 5.86. The van der Waals surface area contributed by atoms with Crippen molar-refractivity contribution in [3.63, 3.8) is 0 Å². The SMILES string of the molecule is CC1(C)C[C@H]2C[C@@](C)(CN2C(=O)CN2C(=O)c3cccc([N+](=O)[O-])c3C2=O)C1. The van der Waals surface area contributed by atoms with Crippen molar-refractivity contribution in [1.82, 2.24) is 9.80 Å². The van der Waals surface area contributed by atoms with Crippen LogP contribution in [0, 0.1) is 20.9 Å². The second-order valence-electron chi connectivity index (χ2n) is 9.39. The summed E-state index contributed by atoms with van der Waals surface area (Å²) in [5.41, 5.74) is -0.456. The number of nitro benzene ring substituents is 1. The van der Waals surface area contributed by atoms with E-state index in [-0.39, 0.29) is 40.5 Å². The predicted molar refractivity (Wildman–Crippen MR) is 99.7 cm³/mol. The van der Waals surface area contributed by atoms with E-state index in [1.807, 2.05) is 0 Å². The highest BCUT2D eigenvalue weighted by Gasteiger charge is 2.51. The third-order valence-corrected chi connectivity index (χ3v) is 6.20. The Hall–Kier alpha value is -2.77. The van der Waals surface area contributed by atoms with E-state index in [1.165, 1.54) is 18.2 Å². The molecule has 2 aliphatic heterocycles. The zero-order valence-electron chi connectivity index (χ0n) is 16.2. The zero-order chi connectivity index (χ0) is 20.4. The van der Waals surface area contributed by atoms with Gasteiger partial charge in [-0.05, 0) is 36.2 Å². The number of benzene rings is 1. The maximum atomic E-state index is 13.0. The van der Waals surface area contributed by atoms with E-state index in [9.17, 15) is 24.5 Å². The lowest BCUT2D eigenvalue weighted by atomic mass is 9.65. The molecule has 2 fully saturated rings. The maximum Gasteiger partial charge on any atom is 0.282 e. The van der Waals surface area contributed by atoms with Crippen LogP contribution in [0.5, 0.6) is 0 Å². The number of amides is 3. The van der Waals surface area contributed by atoms with Gasteiger partial charge in [0, 0.05) is 18.7 Å². The van der Waals surface area contributed by atoms with Gasteiger partial charge in [-0.15, -0.1) is 0 Å². The molecule has 1 aromatic rings. The van der Waals surface area contributed by atoms with Gasteiger partial charge in [0.1, 0.15) is 12.1 Å². The van der Waals surface area contributed by atoms with Gasteiger partial charge in [0.25, 0.3) is 17.5 Å². The Morgan fingerprint density at radius 1 is 1.21 bits per heavy atom. The first-order chi connectivity index (χ1) is 13.0. The average molecular weight is 385 g/mol. The molecule has 8 heteroatoms. The van der Waals surface area contributed by atoms with Crippen molar-refractivity contribution in [2.24, 2.45) is 10.8 Å². The van der Waals surface area contributed by atoms with Gasteiger partial charge >= 0.3 is 0 Å². The van der Waals surface area contributed by atoms with Crippen LogP contribution in [-0.4, -0.2) is 51.6 Å². The summed E-state index contributed by atoms with van der Waals surface area (Å²) < 4.78 is 0. The van der Waals surface area contributed by atoms with Gasteiger partial charge < -0.3 is 4.90 Å². The van der Waals surface area contributed by atoms with Crippen molar-refractivity contribution in [2.45, 2.75) is 46.1 Å². The fourth-order valence-corrected chi connectivity index (χ4v) is 5.59. The number of likely N-dealkylation sites (tertiary alicyclic amines) is 1. The molecule has 28 heavy (non-hydrogen) atoms. The van der Waals surface area contributed by atoms with Gasteiger partial charge in [-0.1, -0.05) is 26.8 Å². The molecule has 8 nitrogen and oxygen atoms in total. The summed E-state index contributed by atoms with van der Waals surface area (Å²) in [6.45, 7) is 6.82. The first-order valence-electron chi connectivity index (χ1n) is 9.44. The summed E-state index contributed by atoms with van der Waals surface area (Å²) in [4.78, 5) is 51.5.